The number of carbonyl (C=O) groups excluding carboxylic acids is 2. The average molecular weight is 285 g/mol. The van der Waals surface area contributed by atoms with Gasteiger partial charge in [-0.05, 0) is 6.42 Å². The van der Waals surface area contributed by atoms with Crippen molar-refractivity contribution in [1.82, 2.24) is 15.1 Å². The van der Waals surface area contributed by atoms with Gasteiger partial charge in [0.1, 0.15) is 6.04 Å². The molecule has 2 fully saturated rings. The first kappa shape index (κ1) is 14.6. The molecular formula is C12H19N3O5. The number of hydrogen-bond acceptors (Lipinski definition) is 4. The van der Waals surface area contributed by atoms with Crippen LogP contribution in [0.15, 0.2) is 0 Å². The number of aliphatic hydroxyl groups is 1. The van der Waals surface area contributed by atoms with E-state index >= 15 is 0 Å². The zero-order valence-corrected chi connectivity index (χ0v) is 11.1. The largest absolute Gasteiger partial charge is 0.481 e. The van der Waals surface area contributed by atoms with E-state index in [4.69, 9.17) is 10.2 Å². The number of aliphatic hydroxyl groups excluding tert-OH is 1. The highest BCUT2D eigenvalue weighted by molar-refractivity contribution is 5.91. The van der Waals surface area contributed by atoms with Crippen LogP contribution in [-0.4, -0.2) is 76.7 Å². The highest BCUT2D eigenvalue weighted by atomic mass is 16.4. The van der Waals surface area contributed by atoms with Gasteiger partial charge in [-0.2, -0.15) is 0 Å². The molecule has 3 amide bonds. The molecule has 2 unspecified atom stereocenters. The predicted octanol–water partition coefficient (Wildman–Crippen LogP) is -1.30. The molecule has 2 saturated heterocycles. The molecule has 2 rings (SSSR count). The van der Waals surface area contributed by atoms with Crippen LogP contribution in [0.4, 0.5) is 4.79 Å². The molecule has 0 aliphatic carbocycles. The Balaban J connectivity index is 2.06. The Morgan fingerprint density at radius 3 is 2.70 bits per heavy atom. The Bertz CT molecular complexity index is 414. The number of carbonyl (C=O) groups is 3. The third kappa shape index (κ3) is 3.01. The predicted molar refractivity (Wildman–Crippen MR) is 67.9 cm³/mol. The minimum absolute atomic E-state index is 0.0306. The normalized spacial score (nSPS) is 26.6. The van der Waals surface area contributed by atoms with Gasteiger partial charge in [-0.1, -0.05) is 0 Å². The Morgan fingerprint density at radius 1 is 1.35 bits per heavy atom. The second-order valence-electron chi connectivity index (χ2n) is 5.16. The lowest BCUT2D eigenvalue weighted by molar-refractivity contribution is -0.142. The number of likely N-dealkylation sites (tertiary alicyclic amines) is 1. The first-order chi connectivity index (χ1) is 9.52. The molecule has 112 valence electrons. The number of nitrogens with one attached hydrogen (secondary N) is 1. The van der Waals surface area contributed by atoms with Crippen molar-refractivity contribution in [3.8, 4) is 0 Å². The first-order valence-corrected chi connectivity index (χ1v) is 6.69. The number of amides is 3. The number of aliphatic carboxylic acids is 1. The van der Waals surface area contributed by atoms with E-state index < -0.39 is 24.3 Å². The van der Waals surface area contributed by atoms with Crippen LogP contribution in [0.3, 0.4) is 0 Å². The number of nitrogens with zero attached hydrogens (tertiary/aromatic N) is 2. The molecule has 8 nitrogen and oxygen atoms in total. The summed E-state index contributed by atoms with van der Waals surface area (Å²) < 4.78 is 0. The summed E-state index contributed by atoms with van der Waals surface area (Å²) in [7, 11) is 0. The summed E-state index contributed by atoms with van der Waals surface area (Å²) in [6.45, 7) is 1.65. The van der Waals surface area contributed by atoms with Crippen LogP contribution in [0.5, 0.6) is 0 Å². The molecule has 0 saturated carbocycles. The number of carboxylic acid groups (broad SMARTS) is 1. The van der Waals surface area contributed by atoms with E-state index in [2.05, 4.69) is 5.32 Å². The molecular weight excluding hydrogens is 266 g/mol. The van der Waals surface area contributed by atoms with Gasteiger partial charge in [0.05, 0.1) is 6.42 Å². The molecule has 2 aliphatic rings. The van der Waals surface area contributed by atoms with E-state index in [1.165, 1.54) is 4.90 Å². The summed E-state index contributed by atoms with van der Waals surface area (Å²) in [5.41, 5.74) is 0. The van der Waals surface area contributed by atoms with Crippen LogP contribution in [0.2, 0.25) is 0 Å². The molecule has 8 heteroatoms. The monoisotopic (exact) mass is 285 g/mol. The van der Waals surface area contributed by atoms with Crippen molar-refractivity contribution in [3.63, 3.8) is 0 Å². The Morgan fingerprint density at radius 2 is 2.10 bits per heavy atom. The van der Waals surface area contributed by atoms with Crippen molar-refractivity contribution < 1.29 is 24.6 Å². The van der Waals surface area contributed by atoms with Crippen molar-refractivity contribution in [1.29, 1.82) is 0 Å². The summed E-state index contributed by atoms with van der Waals surface area (Å²) in [5, 5.41) is 20.5. The fourth-order valence-electron chi connectivity index (χ4n) is 2.65. The Hall–Kier alpha value is -1.83. The zero-order chi connectivity index (χ0) is 14.7. The van der Waals surface area contributed by atoms with Crippen LogP contribution in [0.1, 0.15) is 12.8 Å². The highest BCUT2D eigenvalue weighted by Gasteiger charge is 2.38. The summed E-state index contributed by atoms with van der Waals surface area (Å²) in [6, 6.07) is -1.27. The van der Waals surface area contributed by atoms with Gasteiger partial charge in [0.25, 0.3) is 0 Å². The number of rotatable bonds is 3. The van der Waals surface area contributed by atoms with E-state index in [9.17, 15) is 14.4 Å². The number of hydrogen-bond donors (Lipinski definition) is 3. The van der Waals surface area contributed by atoms with Crippen molar-refractivity contribution >= 4 is 17.9 Å². The molecule has 2 heterocycles. The van der Waals surface area contributed by atoms with Crippen molar-refractivity contribution in [3.05, 3.63) is 0 Å². The fraction of sp³-hybridized carbons (Fsp3) is 0.750. The minimum atomic E-state index is -1.11. The van der Waals surface area contributed by atoms with E-state index in [0.717, 1.165) is 6.42 Å². The summed E-state index contributed by atoms with van der Waals surface area (Å²) in [5.74, 6) is -1.47. The maximum atomic E-state index is 12.4. The first-order valence-electron chi connectivity index (χ1n) is 6.69. The van der Waals surface area contributed by atoms with Gasteiger partial charge in [0, 0.05) is 38.7 Å². The van der Waals surface area contributed by atoms with E-state index in [-0.39, 0.29) is 18.6 Å². The van der Waals surface area contributed by atoms with Crippen LogP contribution < -0.4 is 5.32 Å². The number of urea groups is 1. The summed E-state index contributed by atoms with van der Waals surface area (Å²) in [6.07, 6.45) is 0.334. The lowest BCUT2D eigenvalue weighted by Crippen LogP contribution is -2.60. The van der Waals surface area contributed by atoms with E-state index in [1.54, 1.807) is 4.90 Å². The standard InChI is InChI=1S/C12H19N3O5/c16-7-8-1-3-14(6-8)12(20)15-4-2-13-11(19)9(15)5-10(17)18/h8-9,16H,1-7H2,(H,13,19)(H,17,18). The average Bonchev–Trinajstić information content (AvgIpc) is 2.88. The third-order valence-electron chi connectivity index (χ3n) is 3.76. The van der Waals surface area contributed by atoms with Gasteiger partial charge >= 0.3 is 12.0 Å². The molecule has 2 atom stereocenters. The molecule has 3 N–H and O–H groups in total. The van der Waals surface area contributed by atoms with Gasteiger partial charge in [-0.15, -0.1) is 0 Å². The second kappa shape index (κ2) is 6.08. The Kier molecular flexibility index (Phi) is 4.43. The van der Waals surface area contributed by atoms with Crippen molar-refractivity contribution in [2.75, 3.05) is 32.8 Å². The fourth-order valence-corrected chi connectivity index (χ4v) is 2.65. The van der Waals surface area contributed by atoms with Gasteiger partial charge < -0.3 is 25.3 Å². The molecule has 0 aromatic rings. The maximum Gasteiger partial charge on any atom is 0.320 e. The van der Waals surface area contributed by atoms with Crippen LogP contribution in [0, 0.1) is 5.92 Å². The lowest BCUT2D eigenvalue weighted by atomic mass is 10.1. The van der Waals surface area contributed by atoms with Crippen LogP contribution in [0.25, 0.3) is 0 Å². The molecule has 0 spiro atoms. The Labute approximate surface area is 116 Å². The van der Waals surface area contributed by atoms with Gasteiger partial charge in [0.15, 0.2) is 0 Å². The molecule has 20 heavy (non-hydrogen) atoms. The smallest absolute Gasteiger partial charge is 0.320 e. The maximum absolute atomic E-state index is 12.4. The highest BCUT2D eigenvalue weighted by Crippen LogP contribution is 2.19. The van der Waals surface area contributed by atoms with E-state index in [1.807, 2.05) is 0 Å². The SMILES string of the molecule is O=C(O)CC1C(=O)NCCN1C(=O)N1CCC(CO)C1. The summed E-state index contributed by atoms with van der Waals surface area (Å²) in [4.78, 5) is 37.9. The summed E-state index contributed by atoms with van der Waals surface area (Å²) >= 11 is 0. The minimum Gasteiger partial charge on any atom is -0.481 e. The van der Waals surface area contributed by atoms with Gasteiger partial charge in [-0.25, -0.2) is 4.79 Å². The second-order valence-corrected chi connectivity index (χ2v) is 5.16. The van der Waals surface area contributed by atoms with Crippen LogP contribution >= 0.6 is 0 Å². The van der Waals surface area contributed by atoms with E-state index in [0.29, 0.717) is 26.2 Å². The molecule has 0 bridgehead atoms. The van der Waals surface area contributed by atoms with Crippen molar-refractivity contribution in [2.24, 2.45) is 5.92 Å². The molecule has 2 aliphatic heterocycles. The third-order valence-corrected chi connectivity index (χ3v) is 3.76. The quantitative estimate of drug-likeness (QED) is 0.597. The number of piperazine rings is 1. The van der Waals surface area contributed by atoms with Crippen LogP contribution in [-0.2, 0) is 9.59 Å². The molecule has 0 aromatic heterocycles. The topological polar surface area (TPSA) is 110 Å². The molecule has 0 radical (unpaired) electrons. The van der Waals surface area contributed by atoms with Crippen molar-refractivity contribution in [2.45, 2.75) is 18.9 Å². The number of carboxylic acids is 1. The molecule has 0 aromatic carbocycles. The zero-order valence-electron chi connectivity index (χ0n) is 11.1. The van der Waals surface area contributed by atoms with Gasteiger partial charge in [0.2, 0.25) is 5.91 Å². The van der Waals surface area contributed by atoms with Gasteiger partial charge in [-0.3, -0.25) is 9.59 Å². The lowest BCUT2D eigenvalue weighted by Gasteiger charge is -2.36.